The van der Waals surface area contributed by atoms with Gasteiger partial charge in [0, 0.05) is 12.2 Å². The predicted octanol–water partition coefficient (Wildman–Crippen LogP) is 7.26. The van der Waals surface area contributed by atoms with E-state index in [1.807, 2.05) is 25.1 Å². The SMILES string of the molecule is CC/C=C1/CC2Cc3cc(NCC)c(C)cc3C(c3ccccc3C(=O)OCC)=C2C=C1C. The van der Waals surface area contributed by atoms with Crippen LogP contribution in [0.2, 0.25) is 0 Å². The van der Waals surface area contributed by atoms with Gasteiger partial charge in [-0.2, -0.15) is 0 Å². The molecule has 2 aromatic carbocycles. The number of rotatable bonds is 6. The Morgan fingerprint density at radius 1 is 1.09 bits per heavy atom. The summed E-state index contributed by atoms with van der Waals surface area (Å²) < 4.78 is 5.43. The van der Waals surface area contributed by atoms with Gasteiger partial charge in [0.05, 0.1) is 12.2 Å². The third-order valence-electron chi connectivity index (χ3n) is 6.77. The summed E-state index contributed by atoms with van der Waals surface area (Å²) in [5.41, 5.74) is 11.9. The highest BCUT2D eigenvalue weighted by Crippen LogP contribution is 2.47. The smallest absolute Gasteiger partial charge is 0.338 e. The minimum Gasteiger partial charge on any atom is -0.462 e. The first-order chi connectivity index (χ1) is 16.0. The number of carbonyl (C=O) groups is 1. The first kappa shape index (κ1) is 23.1. The average Bonchev–Trinajstić information content (AvgIpc) is 2.80. The Hall–Kier alpha value is -3.07. The Balaban J connectivity index is 2.00. The topological polar surface area (TPSA) is 38.3 Å². The molecule has 3 nitrogen and oxygen atoms in total. The fraction of sp³-hybridized carbons (Fsp3) is 0.367. The second-order valence-electron chi connectivity index (χ2n) is 9.02. The Morgan fingerprint density at radius 2 is 1.88 bits per heavy atom. The second kappa shape index (κ2) is 9.82. The molecule has 0 radical (unpaired) electrons. The Kier molecular flexibility index (Phi) is 6.88. The van der Waals surface area contributed by atoms with Gasteiger partial charge in [0.15, 0.2) is 0 Å². The van der Waals surface area contributed by atoms with Crippen molar-refractivity contribution in [2.75, 3.05) is 18.5 Å². The van der Waals surface area contributed by atoms with Crippen LogP contribution < -0.4 is 5.32 Å². The summed E-state index contributed by atoms with van der Waals surface area (Å²) in [6, 6.07) is 12.5. The highest BCUT2D eigenvalue weighted by atomic mass is 16.5. The van der Waals surface area contributed by atoms with Crippen molar-refractivity contribution in [2.45, 2.75) is 53.9 Å². The molecule has 1 unspecified atom stereocenters. The Morgan fingerprint density at radius 3 is 2.61 bits per heavy atom. The van der Waals surface area contributed by atoms with Crippen LogP contribution in [0.1, 0.15) is 73.1 Å². The van der Waals surface area contributed by atoms with Gasteiger partial charge in [-0.05, 0) is 116 Å². The van der Waals surface area contributed by atoms with Crippen LogP contribution in [0.15, 0.2) is 65.3 Å². The molecule has 3 heteroatoms. The molecule has 0 aromatic heterocycles. The number of benzene rings is 2. The van der Waals surface area contributed by atoms with Crippen molar-refractivity contribution < 1.29 is 9.53 Å². The predicted molar refractivity (Wildman–Crippen MR) is 138 cm³/mol. The van der Waals surface area contributed by atoms with Gasteiger partial charge in [0.1, 0.15) is 0 Å². The minimum atomic E-state index is -0.256. The molecule has 0 heterocycles. The summed E-state index contributed by atoms with van der Waals surface area (Å²) in [5, 5.41) is 3.52. The highest BCUT2D eigenvalue weighted by Gasteiger charge is 2.32. The third-order valence-corrected chi connectivity index (χ3v) is 6.77. The van der Waals surface area contributed by atoms with Gasteiger partial charge in [-0.15, -0.1) is 0 Å². The summed E-state index contributed by atoms with van der Waals surface area (Å²) in [6.07, 6.45) is 7.83. The van der Waals surface area contributed by atoms with E-state index < -0.39 is 0 Å². The number of allylic oxidation sites excluding steroid dienone is 5. The summed E-state index contributed by atoms with van der Waals surface area (Å²) in [6.45, 7) is 11.8. The van der Waals surface area contributed by atoms with Crippen molar-refractivity contribution in [1.29, 1.82) is 0 Å². The van der Waals surface area contributed by atoms with Gasteiger partial charge in [0.2, 0.25) is 0 Å². The number of carbonyl (C=O) groups excluding carboxylic acids is 1. The van der Waals surface area contributed by atoms with Gasteiger partial charge in [-0.25, -0.2) is 4.79 Å². The lowest BCUT2D eigenvalue weighted by atomic mass is 9.69. The van der Waals surface area contributed by atoms with E-state index in [-0.39, 0.29) is 5.97 Å². The van der Waals surface area contributed by atoms with Crippen LogP contribution >= 0.6 is 0 Å². The van der Waals surface area contributed by atoms with E-state index in [0.717, 1.165) is 31.4 Å². The third kappa shape index (κ3) is 4.42. The maximum absolute atomic E-state index is 12.9. The van der Waals surface area contributed by atoms with Crippen LogP contribution in [-0.4, -0.2) is 19.1 Å². The van der Waals surface area contributed by atoms with E-state index in [2.05, 4.69) is 63.4 Å². The number of hydrogen-bond donors (Lipinski definition) is 1. The highest BCUT2D eigenvalue weighted by molar-refractivity contribution is 6.00. The molecule has 0 aliphatic heterocycles. The zero-order chi connectivity index (χ0) is 23.5. The quantitative estimate of drug-likeness (QED) is 0.479. The first-order valence-corrected chi connectivity index (χ1v) is 12.2. The van der Waals surface area contributed by atoms with Gasteiger partial charge < -0.3 is 10.1 Å². The lowest BCUT2D eigenvalue weighted by molar-refractivity contribution is 0.0526. The van der Waals surface area contributed by atoms with Crippen molar-refractivity contribution in [3.05, 3.63) is 93.1 Å². The van der Waals surface area contributed by atoms with Crippen LogP contribution in [0, 0.1) is 12.8 Å². The first-order valence-electron chi connectivity index (χ1n) is 12.2. The maximum atomic E-state index is 12.9. The molecule has 1 atom stereocenters. The summed E-state index contributed by atoms with van der Waals surface area (Å²) in [4.78, 5) is 12.9. The van der Waals surface area contributed by atoms with Crippen LogP contribution in [-0.2, 0) is 11.2 Å². The fourth-order valence-corrected chi connectivity index (χ4v) is 5.27. The largest absolute Gasteiger partial charge is 0.462 e. The number of fused-ring (bicyclic) bond motifs is 2. The number of esters is 1. The molecule has 0 amide bonds. The molecule has 2 aromatic rings. The summed E-state index contributed by atoms with van der Waals surface area (Å²) in [7, 11) is 0. The second-order valence-corrected chi connectivity index (χ2v) is 9.02. The normalized spacial score (nSPS) is 18.5. The van der Waals surface area contributed by atoms with E-state index in [9.17, 15) is 4.79 Å². The number of ether oxygens (including phenoxy) is 1. The number of anilines is 1. The van der Waals surface area contributed by atoms with Crippen molar-refractivity contribution in [3.8, 4) is 0 Å². The zero-order valence-corrected chi connectivity index (χ0v) is 20.5. The molecule has 1 N–H and O–H groups in total. The monoisotopic (exact) mass is 441 g/mol. The molecule has 33 heavy (non-hydrogen) atoms. The molecule has 172 valence electrons. The molecule has 0 saturated heterocycles. The summed E-state index contributed by atoms with van der Waals surface area (Å²) >= 11 is 0. The Bertz CT molecular complexity index is 1170. The average molecular weight is 442 g/mol. The van der Waals surface area contributed by atoms with E-state index in [4.69, 9.17) is 4.74 Å². The maximum Gasteiger partial charge on any atom is 0.338 e. The van der Waals surface area contributed by atoms with Crippen LogP contribution in [0.4, 0.5) is 5.69 Å². The Labute approximate surface area is 198 Å². The minimum absolute atomic E-state index is 0.256. The van der Waals surface area contributed by atoms with Crippen LogP contribution in [0.25, 0.3) is 5.57 Å². The number of nitrogens with one attached hydrogen (secondary N) is 1. The number of aryl methyl sites for hydroxylation is 1. The lowest BCUT2D eigenvalue weighted by Gasteiger charge is -2.35. The molecular formula is C30H35NO2. The molecule has 2 aliphatic rings. The van der Waals surface area contributed by atoms with Crippen molar-refractivity contribution >= 4 is 17.2 Å². The van der Waals surface area contributed by atoms with Gasteiger partial charge in [-0.3, -0.25) is 0 Å². The molecule has 0 spiro atoms. The molecule has 2 aliphatic carbocycles. The molecule has 0 fully saturated rings. The van der Waals surface area contributed by atoms with Crippen LogP contribution in [0.3, 0.4) is 0 Å². The number of hydrogen-bond acceptors (Lipinski definition) is 3. The van der Waals surface area contributed by atoms with Crippen molar-refractivity contribution in [2.24, 2.45) is 5.92 Å². The fourth-order valence-electron chi connectivity index (χ4n) is 5.27. The zero-order valence-electron chi connectivity index (χ0n) is 20.5. The van der Waals surface area contributed by atoms with E-state index in [0.29, 0.717) is 18.1 Å². The van der Waals surface area contributed by atoms with E-state index >= 15 is 0 Å². The lowest BCUT2D eigenvalue weighted by Crippen LogP contribution is -2.22. The van der Waals surface area contributed by atoms with E-state index in [1.54, 1.807) is 0 Å². The van der Waals surface area contributed by atoms with Crippen molar-refractivity contribution in [1.82, 2.24) is 0 Å². The van der Waals surface area contributed by atoms with Crippen LogP contribution in [0.5, 0.6) is 0 Å². The molecule has 4 rings (SSSR count). The molecule has 0 bridgehead atoms. The summed E-state index contributed by atoms with van der Waals surface area (Å²) in [5.74, 6) is 0.148. The van der Waals surface area contributed by atoms with Gasteiger partial charge >= 0.3 is 5.97 Å². The molecular weight excluding hydrogens is 406 g/mol. The van der Waals surface area contributed by atoms with Gasteiger partial charge in [-0.1, -0.05) is 37.3 Å². The standard InChI is InChI=1S/C30H35NO2/c1-6-11-21-16-22-17-23-18-28(31-7-2)20(5)15-27(23)29(26(22)14-19(21)4)24-12-9-10-13-25(24)30(32)33-8-3/h9-15,18,22,31H,6-8,16-17H2,1-5H3/b21-11-. The van der Waals surface area contributed by atoms with E-state index in [1.165, 1.54) is 44.7 Å². The molecule has 0 saturated carbocycles. The van der Waals surface area contributed by atoms with Crippen molar-refractivity contribution in [3.63, 3.8) is 0 Å². The van der Waals surface area contributed by atoms with Gasteiger partial charge in [0.25, 0.3) is 0 Å².